The fourth-order valence-electron chi connectivity index (χ4n) is 3.31. The second-order valence-corrected chi connectivity index (χ2v) is 6.48. The number of aromatic nitrogens is 1. The highest BCUT2D eigenvalue weighted by Crippen LogP contribution is 2.24. The van der Waals surface area contributed by atoms with Crippen molar-refractivity contribution in [3.63, 3.8) is 0 Å². The molecule has 1 aliphatic rings. The van der Waals surface area contributed by atoms with E-state index in [1.54, 1.807) is 19.5 Å². The molecule has 1 aromatic heterocycles. The Kier molecular flexibility index (Phi) is 5.66. The molecule has 1 saturated heterocycles. The number of piperidine rings is 1. The Morgan fingerprint density at radius 1 is 1.20 bits per heavy atom. The smallest absolute Gasteiger partial charge is 0.255 e. The molecule has 5 heteroatoms. The van der Waals surface area contributed by atoms with Crippen molar-refractivity contribution in [3.05, 3.63) is 48.3 Å². The van der Waals surface area contributed by atoms with Gasteiger partial charge in [-0.2, -0.15) is 0 Å². The lowest BCUT2D eigenvalue weighted by Gasteiger charge is -2.32. The predicted molar refractivity (Wildman–Crippen MR) is 98.8 cm³/mol. The van der Waals surface area contributed by atoms with Gasteiger partial charge in [0.25, 0.3) is 5.91 Å². The zero-order valence-electron chi connectivity index (χ0n) is 14.9. The molecule has 0 bridgehead atoms. The molecule has 1 aliphatic heterocycles. The number of ether oxygens (including phenoxy) is 1. The van der Waals surface area contributed by atoms with Gasteiger partial charge in [0.05, 0.1) is 12.7 Å². The first-order chi connectivity index (χ1) is 12.2. The quantitative estimate of drug-likeness (QED) is 0.910. The van der Waals surface area contributed by atoms with Crippen LogP contribution in [-0.4, -0.2) is 49.6 Å². The van der Waals surface area contributed by atoms with Crippen LogP contribution in [0.25, 0.3) is 11.1 Å². The van der Waals surface area contributed by atoms with Gasteiger partial charge >= 0.3 is 0 Å². The molecule has 5 nitrogen and oxygen atoms in total. The van der Waals surface area contributed by atoms with Crippen molar-refractivity contribution in [1.82, 2.24) is 15.2 Å². The van der Waals surface area contributed by atoms with Gasteiger partial charge in [-0.1, -0.05) is 12.1 Å². The van der Waals surface area contributed by atoms with E-state index < -0.39 is 0 Å². The number of carbonyl (C=O) groups excluding carboxylic acids is 1. The minimum atomic E-state index is 0.0748. The van der Waals surface area contributed by atoms with E-state index in [2.05, 4.69) is 10.3 Å². The largest absolute Gasteiger partial charge is 0.497 e. The molecule has 2 heterocycles. The Morgan fingerprint density at radius 2 is 1.92 bits per heavy atom. The van der Waals surface area contributed by atoms with Gasteiger partial charge in [-0.25, -0.2) is 0 Å². The summed E-state index contributed by atoms with van der Waals surface area (Å²) in [5.41, 5.74) is 2.62. The molecular weight excluding hydrogens is 314 g/mol. The molecule has 3 rings (SSSR count). The molecule has 0 unspecified atom stereocenters. The van der Waals surface area contributed by atoms with Crippen molar-refractivity contribution in [1.29, 1.82) is 0 Å². The monoisotopic (exact) mass is 339 g/mol. The lowest BCUT2D eigenvalue weighted by Crippen LogP contribution is -2.40. The summed E-state index contributed by atoms with van der Waals surface area (Å²) in [5.74, 6) is 1.55. The minimum absolute atomic E-state index is 0.0748. The highest BCUT2D eigenvalue weighted by Gasteiger charge is 2.23. The molecule has 0 aliphatic carbocycles. The third-order valence-corrected chi connectivity index (χ3v) is 4.80. The summed E-state index contributed by atoms with van der Waals surface area (Å²) in [7, 11) is 3.63. The summed E-state index contributed by atoms with van der Waals surface area (Å²) in [6.45, 7) is 2.66. The molecule has 0 saturated carbocycles. The number of methoxy groups -OCH3 is 1. The van der Waals surface area contributed by atoms with Gasteiger partial charge in [0.15, 0.2) is 0 Å². The summed E-state index contributed by atoms with van der Waals surface area (Å²) >= 11 is 0. The zero-order chi connectivity index (χ0) is 17.6. The normalized spacial score (nSPS) is 15.2. The standard InChI is InChI=1S/C20H25N3O2/c1-21-12-15-7-9-23(10-8-15)20(24)18-11-17(13-22-14-18)16-3-5-19(25-2)6-4-16/h3-6,11,13-15,21H,7-10,12H2,1-2H3. The van der Waals surface area contributed by atoms with Gasteiger partial charge in [-0.3, -0.25) is 9.78 Å². The van der Waals surface area contributed by atoms with E-state index in [1.807, 2.05) is 42.3 Å². The summed E-state index contributed by atoms with van der Waals surface area (Å²) in [6.07, 6.45) is 5.56. The first-order valence-electron chi connectivity index (χ1n) is 8.74. The number of likely N-dealkylation sites (tertiary alicyclic amines) is 1. The predicted octanol–water partition coefficient (Wildman–Crippen LogP) is 2.83. The van der Waals surface area contributed by atoms with Crippen molar-refractivity contribution in [2.24, 2.45) is 5.92 Å². The minimum Gasteiger partial charge on any atom is -0.497 e. The van der Waals surface area contributed by atoms with E-state index in [-0.39, 0.29) is 5.91 Å². The zero-order valence-corrected chi connectivity index (χ0v) is 14.9. The molecule has 2 aromatic rings. The number of pyridine rings is 1. The van der Waals surface area contributed by atoms with Crippen molar-refractivity contribution in [2.75, 3.05) is 33.8 Å². The number of rotatable bonds is 5. The molecule has 0 radical (unpaired) electrons. The van der Waals surface area contributed by atoms with E-state index in [9.17, 15) is 4.79 Å². The first-order valence-corrected chi connectivity index (χ1v) is 8.74. The van der Waals surface area contributed by atoms with Gasteiger partial charge in [0.1, 0.15) is 5.75 Å². The molecule has 1 amide bonds. The van der Waals surface area contributed by atoms with Gasteiger partial charge < -0.3 is 15.0 Å². The SMILES string of the molecule is CNCC1CCN(C(=O)c2cncc(-c3ccc(OC)cc3)c2)CC1. The molecule has 1 N–H and O–H groups in total. The lowest BCUT2D eigenvalue weighted by atomic mass is 9.96. The summed E-state index contributed by atoms with van der Waals surface area (Å²) in [6, 6.07) is 9.71. The average Bonchev–Trinajstić information content (AvgIpc) is 2.68. The van der Waals surface area contributed by atoms with Crippen LogP contribution in [-0.2, 0) is 0 Å². The molecule has 0 spiro atoms. The average molecular weight is 339 g/mol. The molecule has 1 aromatic carbocycles. The number of hydrogen-bond donors (Lipinski definition) is 1. The van der Waals surface area contributed by atoms with Crippen LogP contribution in [0.2, 0.25) is 0 Å². The second-order valence-electron chi connectivity index (χ2n) is 6.48. The van der Waals surface area contributed by atoms with Crippen molar-refractivity contribution in [2.45, 2.75) is 12.8 Å². The maximum Gasteiger partial charge on any atom is 0.255 e. The van der Waals surface area contributed by atoms with Crippen LogP contribution in [0.1, 0.15) is 23.2 Å². The Morgan fingerprint density at radius 3 is 2.56 bits per heavy atom. The number of nitrogens with one attached hydrogen (secondary N) is 1. The molecule has 1 fully saturated rings. The summed E-state index contributed by atoms with van der Waals surface area (Å²) in [4.78, 5) is 19.0. The van der Waals surface area contributed by atoms with Crippen LogP contribution in [0.4, 0.5) is 0 Å². The fourth-order valence-corrected chi connectivity index (χ4v) is 3.31. The van der Waals surface area contributed by atoms with Crippen LogP contribution < -0.4 is 10.1 Å². The highest BCUT2D eigenvalue weighted by molar-refractivity contribution is 5.95. The summed E-state index contributed by atoms with van der Waals surface area (Å²) < 4.78 is 5.19. The maximum atomic E-state index is 12.8. The maximum absolute atomic E-state index is 12.8. The van der Waals surface area contributed by atoms with Crippen molar-refractivity contribution < 1.29 is 9.53 Å². The third-order valence-electron chi connectivity index (χ3n) is 4.80. The first kappa shape index (κ1) is 17.4. The molecular formula is C20H25N3O2. The van der Waals surface area contributed by atoms with E-state index in [0.29, 0.717) is 11.5 Å². The lowest BCUT2D eigenvalue weighted by molar-refractivity contribution is 0.0690. The van der Waals surface area contributed by atoms with Gasteiger partial charge in [0, 0.05) is 31.0 Å². The molecule has 25 heavy (non-hydrogen) atoms. The fraction of sp³-hybridized carbons (Fsp3) is 0.400. The van der Waals surface area contributed by atoms with E-state index in [4.69, 9.17) is 4.74 Å². The topological polar surface area (TPSA) is 54.5 Å². The van der Waals surface area contributed by atoms with Crippen LogP contribution in [0, 0.1) is 5.92 Å². The van der Waals surface area contributed by atoms with E-state index >= 15 is 0 Å². The number of hydrogen-bond acceptors (Lipinski definition) is 4. The number of amides is 1. The Balaban J connectivity index is 1.71. The van der Waals surface area contributed by atoms with Crippen LogP contribution in [0.5, 0.6) is 5.75 Å². The Bertz CT molecular complexity index is 707. The van der Waals surface area contributed by atoms with E-state index in [1.165, 1.54) is 0 Å². The summed E-state index contributed by atoms with van der Waals surface area (Å²) in [5, 5.41) is 3.22. The number of carbonyl (C=O) groups is 1. The van der Waals surface area contributed by atoms with Crippen LogP contribution >= 0.6 is 0 Å². The highest BCUT2D eigenvalue weighted by atomic mass is 16.5. The Hall–Kier alpha value is -2.40. The molecule has 132 valence electrons. The van der Waals surface area contributed by atoms with Gasteiger partial charge in [-0.05, 0) is 56.1 Å². The molecule has 0 atom stereocenters. The van der Waals surface area contributed by atoms with Crippen LogP contribution in [0.15, 0.2) is 42.7 Å². The number of nitrogens with zero attached hydrogens (tertiary/aromatic N) is 2. The van der Waals surface area contributed by atoms with E-state index in [0.717, 1.165) is 49.4 Å². The Labute approximate surface area is 149 Å². The van der Waals surface area contributed by atoms with Crippen LogP contribution in [0.3, 0.4) is 0 Å². The van der Waals surface area contributed by atoms with Crippen molar-refractivity contribution in [3.8, 4) is 16.9 Å². The third kappa shape index (κ3) is 4.17. The second kappa shape index (κ2) is 8.12. The van der Waals surface area contributed by atoms with Crippen molar-refractivity contribution >= 4 is 5.91 Å². The van der Waals surface area contributed by atoms with Gasteiger partial charge in [0.2, 0.25) is 0 Å². The number of benzene rings is 1. The van der Waals surface area contributed by atoms with Gasteiger partial charge in [-0.15, -0.1) is 0 Å².